The maximum absolute atomic E-state index is 10.9. The number of fused-ring (bicyclic) bond motifs is 3. The van der Waals surface area contributed by atoms with Crippen LogP contribution in [-0.4, -0.2) is 21.9 Å². The number of hydrogen-bond acceptors (Lipinski definition) is 2. The molecule has 2 N–H and O–H groups in total. The molecule has 0 heterocycles. The molecule has 2 nitrogen and oxygen atoms in total. The van der Waals surface area contributed by atoms with E-state index in [0.29, 0.717) is 17.3 Å². The van der Waals surface area contributed by atoms with Crippen LogP contribution in [0.3, 0.4) is 0 Å². The van der Waals surface area contributed by atoms with Crippen LogP contribution in [0.5, 0.6) is 0 Å². The molecule has 7 atom stereocenters. The summed E-state index contributed by atoms with van der Waals surface area (Å²) >= 11 is 0. The van der Waals surface area contributed by atoms with E-state index in [1.807, 2.05) is 0 Å². The van der Waals surface area contributed by atoms with Crippen LogP contribution in [0.1, 0.15) is 79.1 Å². The second-order valence-electron chi connectivity index (χ2n) is 10.6. The third-order valence-corrected chi connectivity index (χ3v) is 8.69. The van der Waals surface area contributed by atoms with Crippen molar-refractivity contribution in [1.29, 1.82) is 0 Å². The van der Waals surface area contributed by atoms with Crippen LogP contribution in [0.25, 0.3) is 0 Å². The normalized spacial score (nSPS) is 59.7. The van der Waals surface area contributed by atoms with Crippen LogP contribution in [-0.2, 0) is 0 Å². The highest BCUT2D eigenvalue weighted by Crippen LogP contribution is 2.72. The lowest BCUT2D eigenvalue weighted by molar-refractivity contribution is -0.171. The van der Waals surface area contributed by atoms with E-state index in [2.05, 4.69) is 27.7 Å². The van der Waals surface area contributed by atoms with E-state index < -0.39 is 5.60 Å². The predicted octanol–water partition coefficient (Wildman–Crippen LogP) is 4.14. The summed E-state index contributed by atoms with van der Waals surface area (Å²) in [6.07, 6.45) is 9.14. The Bertz CT molecular complexity index is 482. The summed E-state index contributed by atoms with van der Waals surface area (Å²) in [5.74, 6) is 1.96. The summed E-state index contributed by atoms with van der Waals surface area (Å²) in [6, 6.07) is 0. The Hall–Kier alpha value is -0.0800. The Labute approximate surface area is 135 Å². The second kappa shape index (κ2) is 4.30. The number of aliphatic hydroxyl groups excluding tert-OH is 1. The molecule has 0 aliphatic heterocycles. The maximum Gasteiger partial charge on any atom is 0.0653 e. The first kappa shape index (κ1) is 15.4. The molecule has 4 aliphatic carbocycles. The van der Waals surface area contributed by atoms with E-state index in [4.69, 9.17) is 0 Å². The SMILES string of the molecule is CC1(C)CC(O)C[C@@]2(C)[C@H]1CC[C@]13C[C@@H](CC[C@@H]12)[C@@](C)(O)C3. The fourth-order valence-corrected chi connectivity index (χ4v) is 8.29. The number of hydrogen-bond donors (Lipinski definition) is 2. The summed E-state index contributed by atoms with van der Waals surface area (Å²) < 4.78 is 0. The molecule has 0 aromatic carbocycles. The molecule has 4 rings (SSSR count). The van der Waals surface area contributed by atoms with Crippen molar-refractivity contribution in [2.24, 2.45) is 34.0 Å². The maximum atomic E-state index is 10.9. The average molecular weight is 306 g/mol. The highest BCUT2D eigenvalue weighted by Gasteiger charge is 2.66. The third kappa shape index (κ3) is 1.86. The first-order valence-electron chi connectivity index (χ1n) is 9.50. The molecule has 4 aliphatic rings. The highest BCUT2D eigenvalue weighted by atomic mass is 16.3. The summed E-state index contributed by atoms with van der Waals surface area (Å²) in [4.78, 5) is 0. The lowest BCUT2D eigenvalue weighted by Crippen LogP contribution is -2.58. The average Bonchev–Trinajstić information content (AvgIpc) is 2.52. The molecule has 0 saturated heterocycles. The molecular weight excluding hydrogens is 272 g/mol. The van der Waals surface area contributed by atoms with Crippen LogP contribution in [0.15, 0.2) is 0 Å². The predicted molar refractivity (Wildman–Crippen MR) is 88.4 cm³/mol. The van der Waals surface area contributed by atoms with E-state index in [1.165, 1.54) is 32.1 Å². The largest absolute Gasteiger partial charge is 0.393 e. The van der Waals surface area contributed by atoms with Gasteiger partial charge in [-0.25, -0.2) is 0 Å². The van der Waals surface area contributed by atoms with Gasteiger partial charge in [-0.2, -0.15) is 0 Å². The van der Waals surface area contributed by atoms with E-state index in [0.717, 1.165) is 25.2 Å². The second-order valence-corrected chi connectivity index (χ2v) is 10.6. The fourth-order valence-electron chi connectivity index (χ4n) is 8.29. The minimum Gasteiger partial charge on any atom is -0.393 e. The van der Waals surface area contributed by atoms with Gasteiger partial charge in [0.05, 0.1) is 11.7 Å². The van der Waals surface area contributed by atoms with Crippen LogP contribution in [0.2, 0.25) is 0 Å². The van der Waals surface area contributed by atoms with Crippen LogP contribution < -0.4 is 0 Å². The Morgan fingerprint density at radius 1 is 0.864 bits per heavy atom. The van der Waals surface area contributed by atoms with E-state index >= 15 is 0 Å². The molecule has 4 fully saturated rings. The zero-order valence-electron chi connectivity index (χ0n) is 14.9. The zero-order chi connectivity index (χ0) is 16.0. The van der Waals surface area contributed by atoms with Crippen LogP contribution in [0.4, 0.5) is 0 Å². The van der Waals surface area contributed by atoms with Gasteiger partial charge in [-0.3, -0.25) is 0 Å². The molecule has 2 bridgehead atoms. The van der Waals surface area contributed by atoms with Crippen molar-refractivity contribution >= 4 is 0 Å². The molecule has 0 aromatic rings. The fraction of sp³-hybridized carbons (Fsp3) is 1.00. The molecule has 1 unspecified atom stereocenters. The monoisotopic (exact) mass is 306 g/mol. The topological polar surface area (TPSA) is 40.5 Å². The quantitative estimate of drug-likeness (QED) is 0.706. The lowest BCUT2D eigenvalue weighted by Gasteiger charge is -2.64. The summed E-state index contributed by atoms with van der Waals surface area (Å²) in [5, 5.41) is 21.4. The molecule has 0 amide bonds. The van der Waals surface area contributed by atoms with Gasteiger partial charge in [0.15, 0.2) is 0 Å². The van der Waals surface area contributed by atoms with Crippen molar-refractivity contribution in [2.75, 3.05) is 0 Å². The molecular formula is C20H34O2. The molecule has 126 valence electrons. The van der Waals surface area contributed by atoms with Crippen molar-refractivity contribution < 1.29 is 10.2 Å². The smallest absolute Gasteiger partial charge is 0.0653 e. The van der Waals surface area contributed by atoms with Gasteiger partial charge in [0.25, 0.3) is 0 Å². The van der Waals surface area contributed by atoms with Gasteiger partial charge in [0, 0.05) is 0 Å². The van der Waals surface area contributed by atoms with Gasteiger partial charge in [-0.15, -0.1) is 0 Å². The van der Waals surface area contributed by atoms with Crippen molar-refractivity contribution in [3.8, 4) is 0 Å². The first-order valence-corrected chi connectivity index (χ1v) is 9.50. The van der Waals surface area contributed by atoms with Crippen molar-refractivity contribution in [3.63, 3.8) is 0 Å². The van der Waals surface area contributed by atoms with Crippen molar-refractivity contribution in [2.45, 2.75) is 90.8 Å². The Kier molecular flexibility index (Phi) is 3.02. The number of rotatable bonds is 0. The lowest BCUT2D eigenvalue weighted by atomic mass is 9.41. The minimum atomic E-state index is -0.444. The van der Waals surface area contributed by atoms with Crippen LogP contribution >= 0.6 is 0 Å². The van der Waals surface area contributed by atoms with Crippen molar-refractivity contribution in [1.82, 2.24) is 0 Å². The van der Waals surface area contributed by atoms with Gasteiger partial charge < -0.3 is 10.2 Å². The Morgan fingerprint density at radius 2 is 1.59 bits per heavy atom. The van der Waals surface area contributed by atoms with Gasteiger partial charge in [0.1, 0.15) is 0 Å². The molecule has 22 heavy (non-hydrogen) atoms. The summed E-state index contributed by atoms with van der Waals surface area (Å²) in [7, 11) is 0. The van der Waals surface area contributed by atoms with Crippen LogP contribution in [0, 0.1) is 34.0 Å². The molecule has 2 heteroatoms. The molecule has 0 aromatic heterocycles. The first-order chi connectivity index (χ1) is 10.1. The van der Waals surface area contributed by atoms with Gasteiger partial charge in [-0.1, -0.05) is 20.8 Å². The molecule has 0 radical (unpaired) electrons. The summed E-state index contributed by atoms with van der Waals surface area (Å²) in [5.41, 5.74) is 0.447. The number of aliphatic hydroxyl groups is 2. The van der Waals surface area contributed by atoms with E-state index in [1.54, 1.807) is 0 Å². The molecule has 4 saturated carbocycles. The highest BCUT2D eigenvalue weighted by molar-refractivity contribution is 5.16. The molecule has 1 spiro atoms. The van der Waals surface area contributed by atoms with E-state index in [-0.39, 0.29) is 16.9 Å². The Morgan fingerprint density at radius 3 is 2.32 bits per heavy atom. The minimum absolute atomic E-state index is 0.133. The third-order valence-electron chi connectivity index (χ3n) is 8.69. The van der Waals surface area contributed by atoms with Gasteiger partial charge in [0.2, 0.25) is 0 Å². The zero-order valence-corrected chi connectivity index (χ0v) is 14.9. The summed E-state index contributed by atoms with van der Waals surface area (Å²) in [6.45, 7) is 9.34. The Balaban J connectivity index is 1.74. The van der Waals surface area contributed by atoms with Crippen molar-refractivity contribution in [3.05, 3.63) is 0 Å². The van der Waals surface area contributed by atoms with Gasteiger partial charge >= 0.3 is 0 Å². The van der Waals surface area contributed by atoms with E-state index in [9.17, 15) is 10.2 Å². The van der Waals surface area contributed by atoms with Gasteiger partial charge in [-0.05, 0) is 92.3 Å². The standard InChI is InChI=1S/C20H34O2/c1-17(2)10-14(21)11-18(3)15(17)7-8-20-9-13(5-6-16(18)20)19(4,22)12-20/h13-16,21-22H,5-12H2,1-4H3/t13-,14?,15+,16-,18+,19+,20-/m1/s1.